The van der Waals surface area contributed by atoms with E-state index in [1.165, 1.54) is 17.3 Å². The number of carbonyl (C=O) groups is 1. The van der Waals surface area contributed by atoms with Gasteiger partial charge in [-0.05, 0) is 13.8 Å². The highest BCUT2D eigenvalue weighted by atomic mass is 16.1. The maximum absolute atomic E-state index is 11.3. The van der Waals surface area contributed by atoms with E-state index in [-0.39, 0.29) is 24.4 Å². The van der Waals surface area contributed by atoms with Gasteiger partial charge < -0.3 is 11.1 Å². The molecule has 11 nitrogen and oxygen atoms in total. The molecule has 0 aromatic carbocycles. The summed E-state index contributed by atoms with van der Waals surface area (Å²) in [5.74, 6) is 5.50. The number of nitrogens with zero attached hydrogens (tertiary/aromatic N) is 6. The molecule has 11 heteroatoms. The van der Waals surface area contributed by atoms with Crippen LogP contribution in [0.15, 0.2) is 12.7 Å². The number of nitrogens with one attached hydrogen (secondary N) is 2. The van der Waals surface area contributed by atoms with Crippen molar-refractivity contribution in [2.24, 2.45) is 17.0 Å². The van der Waals surface area contributed by atoms with Crippen LogP contribution in [0.4, 0.5) is 11.9 Å². The van der Waals surface area contributed by atoms with E-state index < -0.39 is 11.3 Å². The van der Waals surface area contributed by atoms with E-state index in [1.54, 1.807) is 13.8 Å². The summed E-state index contributed by atoms with van der Waals surface area (Å²) >= 11 is 0. The monoisotopic (exact) mass is 292 g/mol. The summed E-state index contributed by atoms with van der Waals surface area (Å²) in [6.07, 6.45) is 2.79. The van der Waals surface area contributed by atoms with Crippen molar-refractivity contribution in [2.45, 2.75) is 13.8 Å². The highest BCUT2D eigenvalue weighted by Gasteiger charge is 2.25. The molecule has 0 saturated carbocycles. The van der Waals surface area contributed by atoms with Gasteiger partial charge in [-0.15, -0.1) is 0 Å². The first-order valence-corrected chi connectivity index (χ1v) is 6.04. The Morgan fingerprint density at radius 3 is 2.62 bits per heavy atom. The standard InChI is InChI=1S/C10H16N10O/c1-10(2,6(11)21)3-14-7-16-8(19-12)18-9(17-7)20-5-13-4-15-20/h4-5H,3,12H2,1-2H3,(H2,11,21)(H2,14,16,17,18,19). The lowest BCUT2D eigenvalue weighted by molar-refractivity contribution is -0.125. The number of nitrogens with two attached hydrogens (primary N) is 2. The third kappa shape index (κ3) is 3.39. The van der Waals surface area contributed by atoms with E-state index >= 15 is 0 Å². The fraction of sp³-hybridized carbons (Fsp3) is 0.400. The zero-order valence-corrected chi connectivity index (χ0v) is 11.6. The van der Waals surface area contributed by atoms with Crippen LogP contribution in [-0.2, 0) is 4.79 Å². The van der Waals surface area contributed by atoms with Crippen LogP contribution in [-0.4, -0.2) is 42.2 Å². The highest BCUT2D eigenvalue weighted by molar-refractivity contribution is 5.80. The molecule has 0 aliphatic carbocycles. The molecule has 2 rings (SSSR count). The van der Waals surface area contributed by atoms with Gasteiger partial charge in [0.15, 0.2) is 0 Å². The van der Waals surface area contributed by atoms with Gasteiger partial charge in [-0.25, -0.2) is 10.8 Å². The summed E-state index contributed by atoms with van der Waals surface area (Å²) in [7, 11) is 0. The smallest absolute Gasteiger partial charge is 0.258 e. The molecule has 0 aliphatic heterocycles. The zero-order chi connectivity index (χ0) is 15.5. The molecule has 0 bridgehead atoms. The number of anilines is 2. The Labute approximate surface area is 120 Å². The molecule has 6 N–H and O–H groups in total. The molecule has 112 valence electrons. The molecular weight excluding hydrogens is 276 g/mol. The van der Waals surface area contributed by atoms with Crippen molar-refractivity contribution in [3.63, 3.8) is 0 Å². The van der Waals surface area contributed by atoms with Gasteiger partial charge in [0.2, 0.25) is 17.8 Å². The van der Waals surface area contributed by atoms with E-state index in [1.807, 2.05) is 0 Å². The SMILES string of the molecule is CC(C)(CNc1nc(NN)nc(-n2cncn2)n1)C(N)=O. The summed E-state index contributed by atoms with van der Waals surface area (Å²) in [5.41, 5.74) is 6.89. The van der Waals surface area contributed by atoms with Crippen molar-refractivity contribution < 1.29 is 4.79 Å². The van der Waals surface area contributed by atoms with Gasteiger partial charge in [-0.3, -0.25) is 10.2 Å². The van der Waals surface area contributed by atoms with Crippen LogP contribution in [0.3, 0.4) is 0 Å². The molecule has 0 aliphatic rings. The van der Waals surface area contributed by atoms with Gasteiger partial charge in [0, 0.05) is 6.54 Å². The number of rotatable bonds is 6. The Morgan fingerprint density at radius 2 is 2.05 bits per heavy atom. The average Bonchev–Trinajstić information content (AvgIpc) is 2.99. The molecule has 0 unspecified atom stereocenters. The van der Waals surface area contributed by atoms with Crippen LogP contribution < -0.4 is 22.3 Å². The van der Waals surface area contributed by atoms with Crippen LogP contribution >= 0.6 is 0 Å². The average molecular weight is 292 g/mol. The van der Waals surface area contributed by atoms with Crippen molar-refractivity contribution in [3.8, 4) is 5.95 Å². The van der Waals surface area contributed by atoms with E-state index in [0.717, 1.165) is 0 Å². The van der Waals surface area contributed by atoms with Gasteiger partial charge >= 0.3 is 0 Å². The summed E-state index contributed by atoms with van der Waals surface area (Å²) in [6.45, 7) is 3.68. The fourth-order valence-corrected chi connectivity index (χ4v) is 1.31. The lowest BCUT2D eigenvalue weighted by Gasteiger charge is -2.20. The molecule has 1 amide bonds. The summed E-state index contributed by atoms with van der Waals surface area (Å²) in [6, 6.07) is 0. The third-order valence-corrected chi connectivity index (χ3v) is 2.73. The second-order valence-electron chi connectivity index (χ2n) is 4.87. The molecule has 2 aromatic rings. The molecule has 0 atom stereocenters. The van der Waals surface area contributed by atoms with E-state index in [2.05, 4.69) is 35.8 Å². The number of carbonyl (C=O) groups excluding carboxylic acids is 1. The minimum atomic E-state index is -0.754. The first-order chi connectivity index (χ1) is 9.92. The lowest BCUT2D eigenvalue weighted by atomic mass is 9.93. The van der Waals surface area contributed by atoms with Gasteiger partial charge in [0.05, 0.1) is 5.41 Å². The summed E-state index contributed by atoms with van der Waals surface area (Å²) in [4.78, 5) is 27.4. The van der Waals surface area contributed by atoms with Gasteiger partial charge in [-0.2, -0.15) is 24.7 Å². The highest BCUT2D eigenvalue weighted by Crippen LogP contribution is 2.15. The molecular formula is C10H16N10O. The van der Waals surface area contributed by atoms with Crippen LogP contribution in [0.5, 0.6) is 0 Å². The summed E-state index contributed by atoms with van der Waals surface area (Å²) in [5, 5.41) is 6.85. The van der Waals surface area contributed by atoms with Crippen LogP contribution in [0.25, 0.3) is 5.95 Å². The van der Waals surface area contributed by atoms with Crippen molar-refractivity contribution in [1.29, 1.82) is 0 Å². The third-order valence-electron chi connectivity index (χ3n) is 2.73. The number of hydrogen-bond donors (Lipinski definition) is 4. The molecule has 0 fully saturated rings. The number of hydrogen-bond acceptors (Lipinski definition) is 9. The normalized spacial score (nSPS) is 11.2. The molecule has 0 radical (unpaired) electrons. The van der Waals surface area contributed by atoms with Gasteiger partial charge in [0.1, 0.15) is 12.7 Å². The Hall–Kier alpha value is -2.82. The van der Waals surface area contributed by atoms with Crippen molar-refractivity contribution in [3.05, 3.63) is 12.7 Å². The van der Waals surface area contributed by atoms with E-state index in [4.69, 9.17) is 11.6 Å². The van der Waals surface area contributed by atoms with Gasteiger partial charge in [0.25, 0.3) is 5.95 Å². The minimum Gasteiger partial charge on any atom is -0.369 e. The number of nitrogen functional groups attached to an aromatic ring is 1. The topological polar surface area (TPSA) is 163 Å². The molecule has 0 spiro atoms. The Morgan fingerprint density at radius 1 is 1.33 bits per heavy atom. The number of amides is 1. The van der Waals surface area contributed by atoms with E-state index in [9.17, 15) is 4.79 Å². The predicted molar refractivity (Wildman–Crippen MR) is 74.0 cm³/mol. The second-order valence-corrected chi connectivity index (χ2v) is 4.87. The molecule has 2 aromatic heterocycles. The molecule has 21 heavy (non-hydrogen) atoms. The van der Waals surface area contributed by atoms with Gasteiger partial charge in [-0.1, -0.05) is 0 Å². The number of primary amides is 1. The second kappa shape index (κ2) is 5.66. The van der Waals surface area contributed by atoms with Crippen molar-refractivity contribution in [2.75, 3.05) is 17.3 Å². The van der Waals surface area contributed by atoms with Crippen LogP contribution in [0.2, 0.25) is 0 Å². The molecule has 0 saturated heterocycles. The first-order valence-electron chi connectivity index (χ1n) is 6.04. The summed E-state index contributed by atoms with van der Waals surface area (Å²) < 4.78 is 1.35. The number of hydrazine groups is 1. The largest absolute Gasteiger partial charge is 0.369 e. The van der Waals surface area contributed by atoms with Crippen LogP contribution in [0.1, 0.15) is 13.8 Å². The quantitative estimate of drug-likeness (QED) is 0.372. The molecule has 2 heterocycles. The Bertz CT molecular complexity index is 623. The maximum Gasteiger partial charge on any atom is 0.258 e. The Balaban J connectivity index is 2.24. The zero-order valence-electron chi connectivity index (χ0n) is 11.6. The number of aromatic nitrogens is 6. The van der Waals surface area contributed by atoms with E-state index in [0.29, 0.717) is 0 Å². The lowest BCUT2D eigenvalue weighted by Crippen LogP contribution is -2.37. The van der Waals surface area contributed by atoms with Crippen molar-refractivity contribution >= 4 is 17.8 Å². The fourth-order valence-electron chi connectivity index (χ4n) is 1.31. The predicted octanol–water partition coefficient (Wildman–Crippen LogP) is -1.34. The first kappa shape index (κ1) is 14.6. The minimum absolute atomic E-state index is 0.148. The van der Waals surface area contributed by atoms with Crippen molar-refractivity contribution in [1.82, 2.24) is 29.7 Å². The maximum atomic E-state index is 11.3. The van der Waals surface area contributed by atoms with Crippen LogP contribution in [0, 0.1) is 5.41 Å². The Kier molecular flexibility index (Phi) is 3.93.